The molecule has 122 valence electrons. The maximum atomic E-state index is 12.7. The minimum atomic E-state index is -0.474. The van der Waals surface area contributed by atoms with E-state index in [1.807, 2.05) is 28.7 Å². The van der Waals surface area contributed by atoms with Crippen molar-refractivity contribution in [1.82, 2.24) is 0 Å². The van der Waals surface area contributed by atoms with E-state index < -0.39 is 11.6 Å². The second-order valence-electron chi connectivity index (χ2n) is 6.78. The largest absolute Gasteiger partial charge is 0.506 e. The zero-order valence-electron chi connectivity index (χ0n) is 13.1. The van der Waals surface area contributed by atoms with Crippen LogP contribution in [0.5, 0.6) is 5.75 Å². The van der Waals surface area contributed by atoms with Crippen molar-refractivity contribution >= 4 is 51.2 Å². The first-order chi connectivity index (χ1) is 10.2. The number of piperidine rings is 1. The average molecular weight is 530 g/mol. The smallest absolute Gasteiger partial charge is 0.342 e. The lowest BCUT2D eigenvalue weighted by Crippen LogP contribution is -2.88. The molecule has 1 aliphatic heterocycles. The molecule has 0 bridgehead atoms. The molecule has 0 saturated carbocycles. The van der Waals surface area contributed by atoms with Crippen molar-refractivity contribution in [2.24, 2.45) is 5.41 Å². The van der Waals surface area contributed by atoms with Crippen LogP contribution in [-0.2, 0) is 4.74 Å². The van der Waals surface area contributed by atoms with Crippen molar-refractivity contribution in [3.8, 4) is 5.75 Å². The molecule has 1 heterocycles. The number of carbonyl (C=O) groups excluding carboxylic acids is 1. The van der Waals surface area contributed by atoms with Crippen LogP contribution in [0, 0.1) is 12.6 Å². The van der Waals surface area contributed by atoms with Gasteiger partial charge >= 0.3 is 5.97 Å². The van der Waals surface area contributed by atoms with E-state index in [0.717, 1.165) is 29.5 Å². The van der Waals surface area contributed by atoms with Gasteiger partial charge in [-0.15, -0.1) is 0 Å². The molecule has 4 nitrogen and oxygen atoms in total. The van der Waals surface area contributed by atoms with E-state index in [2.05, 4.69) is 48.7 Å². The second-order valence-corrected chi connectivity index (χ2v) is 9.19. The highest BCUT2D eigenvalue weighted by atomic mass is 127. The van der Waals surface area contributed by atoms with Crippen LogP contribution in [0.15, 0.2) is 12.1 Å². The van der Waals surface area contributed by atoms with E-state index >= 15 is 0 Å². The van der Waals surface area contributed by atoms with E-state index in [4.69, 9.17) is 4.74 Å². The molecule has 2 rings (SSSR count). The molecule has 22 heavy (non-hydrogen) atoms. The molecule has 0 aromatic heterocycles. The van der Waals surface area contributed by atoms with Gasteiger partial charge in [-0.25, -0.2) is 4.79 Å². The summed E-state index contributed by atoms with van der Waals surface area (Å²) in [6, 6.07) is 3.52. The van der Waals surface area contributed by atoms with E-state index in [9.17, 15) is 9.90 Å². The molecule has 0 radical (unpaired) electrons. The number of ether oxygens (including phenoxy) is 1. The number of quaternary nitrogens is 1. The van der Waals surface area contributed by atoms with Crippen LogP contribution in [0.4, 0.5) is 0 Å². The third-order valence-corrected chi connectivity index (χ3v) is 5.85. The number of hydrogen-bond acceptors (Lipinski definition) is 3. The Labute approximate surface area is 158 Å². The van der Waals surface area contributed by atoms with E-state index in [1.165, 1.54) is 0 Å². The highest BCUT2D eigenvalue weighted by molar-refractivity contribution is 14.1. The van der Waals surface area contributed by atoms with E-state index in [0.29, 0.717) is 3.57 Å². The zero-order valence-corrected chi connectivity index (χ0v) is 17.4. The molecule has 1 fully saturated rings. The summed E-state index contributed by atoms with van der Waals surface area (Å²) in [5, 5.41) is 12.4. The summed E-state index contributed by atoms with van der Waals surface area (Å²) in [6.45, 7) is 8.26. The van der Waals surface area contributed by atoms with Gasteiger partial charge < -0.3 is 15.2 Å². The fourth-order valence-electron chi connectivity index (χ4n) is 2.90. The van der Waals surface area contributed by atoms with Gasteiger partial charge in [-0.1, -0.05) is 20.8 Å². The number of nitrogens with two attached hydrogens (primary N) is 1. The predicted molar refractivity (Wildman–Crippen MR) is 102 cm³/mol. The molecule has 1 aromatic carbocycles. The van der Waals surface area contributed by atoms with Crippen molar-refractivity contribution < 1.29 is 20.0 Å². The predicted octanol–water partition coefficient (Wildman–Crippen LogP) is 2.90. The number of benzene rings is 1. The number of rotatable bonds is 2. The zero-order chi connectivity index (χ0) is 16.5. The van der Waals surface area contributed by atoms with Crippen LogP contribution in [0.3, 0.4) is 0 Å². The van der Waals surface area contributed by atoms with E-state index in [1.54, 1.807) is 6.07 Å². The van der Waals surface area contributed by atoms with Crippen LogP contribution < -0.4 is 5.32 Å². The maximum absolute atomic E-state index is 12.7. The van der Waals surface area contributed by atoms with Gasteiger partial charge in [0, 0.05) is 21.8 Å². The molecular formula is C16H22I2NO3+. The molecule has 0 atom stereocenters. The van der Waals surface area contributed by atoms with E-state index in [-0.39, 0.29) is 16.7 Å². The van der Waals surface area contributed by atoms with Gasteiger partial charge in [0.1, 0.15) is 16.9 Å². The minimum Gasteiger partial charge on any atom is -0.506 e. The Morgan fingerprint density at radius 1 is 1.27 bits per heavy atom. The molecule has 1 aromatic rings. The number of phenolic OH excluding ortho intramolecular Hbond substituents is 1. The summed E-state index contributed by atoms with van der Waals surface area (Å²) >= 11 is 4.17. The van der Waals surface area contributed by atoms with Crippen LogP contribution in [0.25, 0.3) is 0 Å². The number of esters is 1. The summed E-state index contributed by atoms with van der Waals surface area (Å²) in [5.74, 6) is -0.414. The monoisotopic (exact) mass is 530 g/mol. The lowest BCUT2D eigenvalue weighted by Gasteiger charge is -2.45. The number of hydrogen-bond donors (Lipinski definition) is 2. The van der Waals surface area contributed by atoms with Crippen LogP contribution in [-0.4, -0.2) is 29.8 Å². The lowest BCUT2D eigenvalue weighted by molar-refractivity contribution is -0.669. The fourth-order valence-corrected chi connectivity index (χ4v) is 4.74. The third kappa shape index (κ3) is 3.69. The minimum absolute atomic E-state index is 0.0115. The number of carbonyl (C=O) groups is 1. The lowest BCUT2D eigenvalue weighted by atomic mass is 9.71. The number of aromatic hydroxyl groups is 1. The Morgan fingerprint density at radius 2 is 1.86 bits per heavy atom. The maximum Gasteiger partial charge on any atom is 0.342 e. The normalized spacial score (nSPS) is 18.0. The van der Waals surface area contributed by atoms with Gasteiger partial charge in [0.15, 0.2) is 0 Å². The summed E-state index contributed by atoms with van der Waals surface area (Å²) in [5.41, 5.74) is -0.353. The van der Waals surface area contributed by atoms with Gasteiger partial charge in [-0.3, -0.25) is 0 Å². The molecule has 1 aliphatic rings. The van der Waals surface area contributed by atoms with Crippen molar-refractivity contribution in [2.45, 2.75) is 39.2 Å². The topological polar surface area (TPSA) is 63.1 Å². The number of phenols is 1. The Morgan fingerprint density at radius 3 is 2.41 bits per heavy atom. The SMILES string of the molecule is CC(C)(C)C1(OC(=O)c2cc(I)cc(I)c2O)CC[NH2+]CC1. The highest BCUT2D eigenvalue weighted by Crippen LogP contribution is 2.41. The van der Waals surface area contributed by atoms with Crippen LogP contribution in [0.1, 0.15) is 44.0 Å². The quantitative estimate of drug-likeness (QED) is 0.457. The first-order valence-corrected chi connectivity index (χ1v) is 9.55. The van der Waals surface area contributed by atoms with Gasteiger partial charge in [-0.05, 0) is 57.3 Å². The Hall–Kier alpha value is -0.0900. The van der Waals surface area contributed by atoms with Gasteiger partial charge in [0.25, 0.3) is 0 Å². The first kappa shape index (κ1) is 18.3. The molecule has 0 aliphatic carbocycles. The third-order valence-electron chi connectivity index (χ3n) is 4.41. The van der Waals surface area contributed by atoms with Crippen LogP contribution in [0.2, 0.25) is 0 Å². The standard InChI is InChI=1S/C16H21I2NO3/c1-15(2,3)16(4-6-19-7-5-16)22-14(21)11-8-10(17)9-12(18)13(11)20/h8-9,19-20H,4-7H2,1-3H3/p+1. The highest BCUT2D eigenvalue weighted by Gasteiger charge is 2.48. The van der Waals surface area contributed by atoms with Crippen molar-refractivity contribution in [3.63, 3.8) is 0 Å². The second kappa shape index (κ2) is 6.80. The van der Waals surface area contributed by atoms with Crippen molar-refractivity contribution in [3.05, 3.63) is 24.8 Å². The first-order valence-electron chi connectivity index (χ1n) is 7.39. The number of halogens is 2. The Kier molecular flexibility index (Phi) is 5.64. The molecular weight excluding hydrogens is 508 g/mol. The van der Waals surface area contributed by atoms with Crippen LogP contribution >= 0.6 is 45.2 Å². The Bertz CT molecular complexity index is 575. The molecule has 1 saturated heterocycles. The van der Waals surface area contributed by atoms with Crippen molar-refractivity contribution in [1.29, 1.82) is 0 Å². The van der Waals surface area contributed by atoms with Gasteiger partial charge in [0.2, 0.25) is 0 Å². The summed E-state index contributed by atoms with van der Waals surface area (Å²) in [7, 11) is 0. The fraction of sp³-hybridized carbons (Fsp3) is 0.562. The summed E-state index contributed by atoms with van der Waals surface area (Å²) < 4.78 is 7.57. The van der Waals surface area contributed by atoms with Gasteiger partial charge in [-0.2, -0.15) is 0 Å². The molecule has 6 heteroatoms. The molecule has 0 unspecified atom stereocenters. The average Bonchev–Trinajstić information content (AvgIpc) is 2.42. The summed E-state index contributed by atoms with van der Waals surface area (Å²) in [4.78, 5) is 12.7. The molecule has 0 amide bonds. The van der Waals surface area contributed by atoms with Crippen molar-refractivity contribution in [2.75, 3.05) is 13.1 Å². The van der Waals surface area contributed by atoms with Gasteiger partial charge in [0.05, 0.1) is 16.7 Å². The Balaban J connectivity index is 2.33. The molecule has 3 N–H and O–H groups in total. The molecule has 0 spiro atoms. The summed E-state index contributed by atoms with van der Waals surface area (Å²) in [6.07, 6.45) is 1.67.